The highest BCUT2D eigenvalue weighted by Crippen LogP contribution is 2.32. The SMILES string of the molecule is CCCCCCCC(=O)O[C@@H]1[C@@H](OC(O)[C@H](O)[C@@H](O)CO)O[C@H](COC(=O)CCCCC)[C@@H](OC(=O)CCCCC)[C@@H]1OC(=O)CCCCC. The number of unbranched alkanes of at least 4 members (excludes halogenated alkanes) is 10. The van der Waals surface area contributed by atoms with Crippen LogP contribution in [-0.4, -0.2) is 107 Å². The Morgan fingerprint density at radius 3 is 1.50 bits per heavy atom. The van der Waals surface area contributed by atoms with E-state index in [4.69, 9.17) is 28.4 Å². The molecule has 4 N–H and O–H groups in total. The molecule has 1 rings (SSSR count). The second-order valence-corrected chi connectivity index (χ2v) is 12.9. The summed E-state index contributed by atoms with van der Waals surface area (Å²) in [6, 6.07) is 0. The zero-order valence-electron chi connectivity index (χ0n) is 30.6. The fourth-order valence-corrected chi connectivity index (χ4v) is 5.35. The van der Waals surface area contributed by atoms with Crippen LogP contribution in [0.1, 0.15) is 143 Å². The first kappa shape index (κ1) is 45.7. The van der Waals surface area contributed by atoms with E-state index in [2.05, 4.69) is 6.92 Å². The van der Waals surface area contributed by atoms with Gasteiger partial charge in [0.2, 0.25) is 6.29 Å². The second kappa shape index (κ2) is 27.3. The monoisotopic (exact) mass is 720 g/mol. The van der Waals surface area contributed by atoms with Crippen LogP contribution in [0.3, 0.4) is 0 Å². The van der Waals surface area contributed by atoms with Gasteiger partial charge < -0.3 is 48.8 Å². The van der Waals surface area contributed by atoms with E-state index >= 15 is 0 Å². The van der Waals surface area contributed by atoms with Crippen molar-refractivity contribution >= 4 is 23.9 Å². The minimum atomic E-state index is -2.18. The molecule has 0 aromatic rings. The highest BCUT2D eigenvalue weighted by Gasteiger charge is 2.54. The third-order valence-corrected chi connectivity index (χ3v) is 8.39. The maximum Gasteiger partial charge on any atom is 0.306 e. The summed E-state index contributed by atoms with van der Waals surface area (Å²) in [6.07, 6.45) is -2.74. The van der Waals surface area contributed by atoms with Crippen LogP contribution in [0.2, 0.25) is 0 Å². The van der Waals surface area contributed by atoms with Gasteiger partial charge in [-0.25, -0.2) is 0 Å². The van der Waals surface area contributed by atoms with Gasteiger partial charge in [-0.1, -0.05) is 91.9 Å². The van der Waals surface area contributed by atoms with Crippen LogP contribution in [0.4, 0.5) is 0 Å². The van der Waals surface area contributed by atoms with Gasteiger partial charge in [-0.05, 0) is 25.7 Å². The molecule has 14 heteroatoms. The van der Waals surface area contributed by atoms with Crippen LogP contribution in [0.5, 0.6) is 0 Å². The lowest BCUT2D eigenvalue weighted by atomic mass is 9.97. The molecule has 1 aliphatic rings. The molecule has 1 saturated heterocycles. The van der Waals surface area contributed by atoms with Crippen molar-refractivity contribution in [2.45, 2.75) is 192 Å². The molecule has 0 bridgehead atoms. The van der Waals surface area contributed by atoms with E-state index in [1.807, 2.05) is 20.8 Å². The number of carbonyl (C=O) groups excluding carboxylic acids is 4. The largest absolute Gasteiger partial charge is 0.463 e. The van der Waals surface area contributed by atoms with Crippen LogP contribution in [0.15, 0.2) is 0 Å². The Bertz CT molecular complexity index is 946. The lowest BCUT2D eigenvalue weighted by Gasteiger charge is -2.45. The lowest BCUT2D eigenvalue weighted by molar-refractivity contribution is -0.348. The molecule has 1 fully saturated rings. The third-order valence-electron chi connectivity index (χ3n) is 8.39. The normalized spacial score (nSPS) is 22.3. The second-order valence-electron chi connectivity index (χ2n) is 12.9. The zero-order chi connectivity index (χ0) is 37.3. The van der Waals surface area contributed by atoms with Gasteiger partial charge >= 0.3 is 23.9 Å². The molecule has 1 aliphatic heterocycles. The topological polar surface area (TPSA) is 205 Å². The van der Waals surface area contributed by atoms with Crippen molar-refractivity contribution in [3.8, 4) is 0 Å². The predicted octanol–water partition coefficient (Wildman–Crippen LogP) is 4.14. The highest BCUT2D eigenvalue weighted by molar-refractivity contribution is 5.72. The third kappa shape index (κ3) is 18.2. The quantitative estimate of drug-likeness (QED) is 0.0388. The van der Waals surface area contributed by atoms with E-state index in [0.717, 1.165) is 64.2 Å². The van der Waals surface area contributed by atoms with Gasteiger partial charge in [0.15, 0.2) is 24.6 Å². The number of aliphatic hydroxyl groups excluding tert-OH is 4. The minimum absolute atomic E-state index is 0.00121. The molecule has 14 nitrogen and oxygen atoms in total. The molecule has 1 unspecified atom stereocenters. The van der Waals surface area contributed by atoms with E-state index in [9.17, 15) is 39.6 Å². The van der Waals surface area contributed by atoms with Crippen molar-refractivity contribution in [1.82, 2.24) is 0 Å². The number of carbonyl (C=O) groups is 4. The molecule has 0 aromatic heterocycles. The molecule has 8 atom stereocenters. The molecule has 1 heterocycles. The van der Waals surface area contributed by atoms with Gasteiger partial charge in [-0.3, -0.25) is 19.2 Å². The summed E-state index contributed by atoms with van der Waals surface area (Å²) in [5.41, 5.74) is 0. The smallest absolute Gasteiger partial charge is 0.306 e. The summed E-state index contributed by atoms with van der Waals surface area (Å²) in [7, 11) is 0. The molecular weight excluding hydrogens is 656 g/mol. The van der Waals surface area contributed by atoms with Crippen molar-refractivity contribution in [3.05, 3.63) is 0 Å². The first-order valence-electron chi connectivity index (χ1n) is 18.7. The molecule has 292 valence electrons. The summed E-state index contributed by atoms with van der Waals surface area (Å²) in [6.45, 7) is 6.63. The maximum atomic E-state index is 13.2. The van der Waals surface area contributed by atoms with E-state index in [1.54, 1.807) is 0 Å². The van der Waals surface area contributed by atoms with Crippen LogP contribution >= 0.6 is 0 Å². The Hall–Kier alpha value is -2.36. The van der Waals surface area contributed by atoms with Gasteiger partial charge in [0.05, 0.1) is 6.61 Å². The van der Waals surface area contributed by atoms with Crippen molar-refractivity contribution in [1.29, 1.82) is 0 Å². The molecule has 50 heavy (non-hydrogen) atoms. The molecule has 0 radical (unpaired) electrons. The van der Waals surface area contributed by atoms with Gasteiger partial charge in [-0.2, -0.15) is 0 Å². The van der Waals surface area contributed by atoms with Crippen molar-refractivity contribution in [2.24, 2.45) is 0 Å². The van der Waals surface area contributed by atoms with Crippen LogP contribution in [0.25, 0.3) is 0 Å². The van der Waals surface area contributed by atoms with Crippen molar-refractivity contribution in [3.63, 3.8) is 0 Å². The highest BCUT2D eigenvalue weighted by atomic mass is 16.8. The van der Waals surface area contributed by atoms with Crippen molar-refractivity contribution in [2.75, 3.05) is 13.2 Å². The number of ether oxygens (including phenoxy) is 6. The fraction of sp³-hybridized carbons (Fsp3) is 0.889. The summed E-state index contributed by atoms with van der Waals surface area (Å²) in [5, 5.41) is 40.3. The van der Waals surface area contributed by atoms with Crippen LogP contribution in [0, 0.1) is 0 Å². The molecule has 0 aliphatic carbocycles. The minimum Gasteiger partial charge on any atom is -0.463 e. The Morgan fingerprint density at radius 2 is 1.00 bits per heavy atom. The summed E-state index contributed by atoms with van der Waals surface area (Å²) < 4.78 is 34.6. The molecular formula is C36H64O14. The summed E-state index contributed by atoms with van der Waals surface area (Å²) in [5.74, 6) is -2.56. The predicted molar refractivity (Wildman–Crippen MR) is 181 cm³/mol. The zero-order valence-corrected chi connectivity index (χ0v) is 30.6. The fourth-order valence-electron chi connectivity index (χ4n) is 5.35. The van der Waals surface area contributed by atoms with Crippen molar-refractivity contribution < 1.29 is 68.0 Å². The van der Waals surface area contributed by atoms with Gasteiger partial charge in [-0.15, -0.1) is 0 Å². The number of hydrogen-bond donors (Lipinski definition) is 4. The molecule has 0 amide bonds. The molecule has 0 spiro atoms. The number of rotatable bonds is 28. The van der Waals surface area contributed by atoms with E-state index in [0.29, 0.717) is 25.7 Å². The average molecular weight is 721 g/mol. The summed E-state index contributed by atoms with van der Waals surface area (Å²) in [4.78, 5) is 52.1. The first-order valence-corrected chi connectivity index (χ1v) is 18.7. The van der Waals surface area contributed by atoms with E-state index < -0.39 is 86.3 Å². The first-order chi connectivity index (χ1) is 24.0. The Kier molecular flexibility index (Phi) is 24.9. The average Bonchev–Trinajstić information content (AvgIpc) is 3.09. The maximum absolute atomic E-state index is 13.2. The number of esters is 4. The summed E-state index contributed by atoms with van der Waals surface area (Å²) >= 11 is 0. The Morgan fingerprint density at radius 1 is 0.580 bits per heavy atom. The van der Waals surface area contributed by atoms with E-state index in [1.165, 1.54) is 0 Å². The lowest BCUT2D eigenvalue weighted by Crippen LogP contribution is -2.64. The van der Waals surface area contributed by atoms with Crippen LogP contribution in [-0.2, 0) is 47.6 Å². The molecule has 0 aromatic carbocycles. The van der Waals surface area contributed by atoms with Gasteiger partial charge in [0.25, 0.3) is 0 Å². The number of aliphatic hydroxyl groups is 4. The Labute approximate surface area is 297 Å². The number of hydrogen-bond acceptors (Lipinski definition) is 14. The molecule has 0 saturated carbocycles. The van der Waals surface area contributed by atoms with Gasteiger partial charge in [0, 0.05) is 25.7 Å². The Balaban J connectivity index is 3.55. The standard InChI is InChI=1S/C36H64O14/c1-5-9-13-14-18-22-30(42)49-34-33(48-29(41)21-17-12-8-4)32(47-28(40)20-16-11-7-3)26(24-45-27(39)19-15-10-6-2)46-36(34)50-35(44)31(43)25(38)23-37/h25-26,31-38,43-44H,5-24H2,1-4H3/t25-,26+,31+,32+,33-,34-,35?,36+/m0/s1. The van der Waals surface area contributed by atoms with E-state index in [-0.39, 0.29) is 25.7 Å². The van der Waals surface area contributed by atoms with Gasteiger partial charge in [0.1, 0.15) is 24.9 Å². The van der Waals surface area contributed by atoms with Crippen LogP contribution < -0.4 is 0 Å².